The van der Waals surface area contributed by atoms with E-state index < -0.39 is 20.7 Å². The number of rotatable bonds is 5. The molecule has 0 saturated carbocycles. The lowest BCUT2D eigenvalue weighted by Crippen LogP contribution is -2.27. The average Bonchev–Trinajstić information content (AvgIpc) is 2.43. The topological polar surface area (TPSA) is 72.2 Å². The van der Waals surface area contributed by atoms with E-state index in [1.807, 2.05) is 0 Å². The molecular weight excluding hydrogens is 298 g/mol. The number of anilines is 1. The fraction of sp³-hybridized carbons (Fsp3) is 0.143. The van der Waals surface area contributed by atoms with Crippen LogP contribution in [0.15, 0.2) is 47.4 Å². The molecule has 2 aromatic rings. The lowest BCUT2D eigenvalue weighted by molar-refractivity contribution is 0.557. The largest absolute Gasteiger partial charge is 0.399 e. The summed E-state index contributed by atoms with van der Waals surface area (Å²) in [5.41, 5.74) is 6.40. The van der Waals surface area contributed by atoms with Crippen molar-refractivity contribution in [3.05, 3.63) is 59.7 Å². The summed E-state index contributed by atoms with van der Waals surface area (Å²) >= 11 is 0. The highest BCUT2D eigenvalue weighted by molar-refractivity contribution is 7.89. The van der Waals surface area contributed by atoms with Gasteiger partial charge in [0.2, 0.25) is 10.0 Å². The van der Waals surface area contributed by atoms with Crippen LogP contribution in [0.2, 0.25) is 0 Å². The second-order valence-corrected chi connectivity index (χ2v) is 6.20. The number of nitrogens with one attached hydrogen (secondary N) is 1. The van der Waals surface area contributed by atoms with Gasteiger partial charge >= 0.3 is 0 Å². The zero-order valence-corrected chi connectivity index (χ0v) is 11.8. The minimum Gasteiger partial charge on any atom is -0.399 e. The van der Waals surface area contributed by atoms with E-state index in [0.29, 0.717) is 6.42 Å². The van der Waals surface area contributed by atoms with Crippen molar-refractivity contribution in [2.75, 3.05) is 12.3 Å². The molecule has 0 aliphatic carbocycles. The highest BCUT2D eigenvalue weighted by Gasteiger charge is 2.18. The maximum absolute atomic E-state index is 13.5. The normalized spacial score (nSPS) is 11.5. The van der Waals surface area contributed by atoms with Gasteiger partial charge in [-0.05, 0) is 42.3 Å². The molecule has 21 heavy (non-hydrogen) atoms. The van der Waals surface area contributed by atoms with Gasteiger partial charge in [-0.25, -0.2) is 21.9 Å². The molecule has 0 fully saturated rings. The van der Waals surface area contributed by atoms with Gasteiger partial charge in [-0.2, -0.15) is 0 Å². The molecule has 0 aromatic heterocycles. The van der Waals surface area contributed by atoms with E-state index in [4.69, 9.17) is 5.73 Å². The molecule has 2 rings (SSSR count). The zero-order chi connectivity index (χ0) is 15.5. The number of nitrogens with two attached hydrogens (primary N) is 1. The van der Waals surface area contributed by atoms with Gasteiger partial charge in [-0.3, -0.25) is 0 Å². The van der Waals surface area contributed by atoms with Gasteiger partial charge in [-0.1, -0.05) is 12.1 Å². The third-order valence-corrected chi connectivity index (χ3v) is 4.34. The first-order valence-electron chi connectivity index (χ1n) is 6.17. The van der Waals surface area contributed by atoms with E-state index >= 15 is 0 Å². The SMILES string of the molecule is Nc1ccc(F)c(S(=O)(=O)NCCc2ccc(F)cc2)c1. The maximum atomic E-state index is 13.5. The van der Waals surface area contributed by atoms with E-state index in [-0.39, 0.29) is 18.0 Å². The summed E-state index contributed by atoms with van der Waals surface area (Å²) in [5.74, 6) is -1.22. The Morgan fingerprint density at radius 3 is 2.38 bits per heavy atom. The fourth-order valence-corrected chi connectivity index (χ4v) is 2.93. The summed E-state index contributed by atoms with van der Waals surface area (Å²) in [5, 5.41) is 0. The van der Waals surface area contributed by atoms with Gasteiger partial charge in [0.1, 0.15) is 16.5 Å². The van der Waals surface area contributed by atoms with Crippen molar-refractivity contribution in [3.8, 4) is 0 Å². The first kappa shape index (κ1) is 15.4. The lowest BCUT2D eigenvalue weighted by atomic mass is 10.1. The van der Waals surface area contributed by atoms with Crippen molar-refractivity contribution >= 4 is 15.7 Å². The number of benzene rings is 2. The van der Waals surface area contributed by atoms with Crippen LogP contribution in [0, 0.1) is 11.6 Å². The van der Waals surface area contributed by atoms with Gasteiger partial charge in [0.25, 0.3) is 0 Å². The van der Waals surface area contributed by atoms with Crippen molar-refractivity contribution in [1.29, 1.82) is 0 Å². The third kappa shape index (κ3) is 3.99. The van der Waals surface area contributed by atoms with Crippen LogP contribution in [0.25, 0.3) is 0 Å². The van der Waals surface area contributed by atoms with Crippen LogP contribution in [0.1, 0.15) is 5.56 Å². The molecule has 0 radical (unpaired) electrons. The monoisotopic (exact) mass is 312 g/mol. The molecule has 0 bridgehead atoms. The Bertz CT molecular complexity index is 731. The second-order valence-electron chi connectivity index (χ2n) is 4.46. The molecule has 0 saturated heterocycles. The number of hydrogen-bond donors (Lipinski definition) is 2. The van der Waals surface area contributed by atoms with Crippen molar-refractivity contribution in [3.63, 3.8) is 0 Å². The van der Waals surface area contributed by atoms with Gasteiger partial charge in [-0.15, -0.1) is 0 Å². The molecular formula is C14H14F2N2O2S. The predicted molar refractivity (Wildman–Crippen MR) is 76.1 cm³/mol. The van der Waals surface area contributed by atoms with Crippen molar-refractivity contribution in [2.24, 2.45) is 0 Å². The minimum absolute atomic E-state index is 0.0716. The highest BCUT2D eigenvalue weighted by Crippen LogP contribution is 2.17. The highest BCUT2D eigenvalue weighted by atomic mass is 32.2. The molecule has 0 spiro atoms. The molecule has 7 heteroatoms. The van der Waals surface area contributed by atoms with E-state index in [1.165, 1.54) is 18.2 Å². The molecule has 0 amide bonds. The molecule has 0 aliphatic rings. The first-order chi connectivity index (χ1) is 9.88. The molecule has 0 unspecified atom stereocenters. The predicted octanol–water partition coefficient (Wildman–Crippen LogP) is 2.07. The fourth-order valence-electron chi connectivity index (χ4n) is 1.78. The molecule has 0 heterocycles. The van der Waals surface area contributed by atoms with Gasteiger partial charge in [0.05, 0.1) is 0 Å². The Balaban J connectivity index is 2.04. The maximum Gasteiger partial charge on any atom is 0.243 e. The third-order valence-electron chi connectivity index (χ3n) is 2.86. The Kier molecular flexibility index (Phi) is 4.54. The van der Waals surface area contributed by atoms with Crippen LogP contribution in [0.3, 0.4) is 0 Å². The average molecular weight is 312 g/mol. The van der Waals surface area contributed by atoms with E-state index in [1.54, 1.807) is 12.1 Å². The molecule has 0 atom stereocenters. The van der Waals surface area contributed by atoms with Gasteiger partial charge in [0.15, 0.2) is 0 Å². The quantitative estimate of drug-likeness (QED) is 0.830. The Morgan fingerprint density at radius 2 is 1.71 bits per heavy atom. The van der Waals surface area contributed by atoms with Crippen LogP contribution < -0.4 is 10.5 Å². The van der Waals surface area contributed by atoms with Gasteiger partial charge in [0, 0.05) is 12.2 Å². The standard InChI is InChI=1S/C14H14F2N2O2S/c15-11-3-1-10(2-4-11)7-8-18-21(19,20)14-9-12(17)5-6-13(14)16/h1-6,9,18H,7-8,17H2. The van der Waals surface area contributed by atoms with Crippen LogP contribution in [-0.2, 0) is 16.4 Å². The molecule has 0 aliphatic heterocycles. The number of nitrogen functional groups attached to an aromatic ring is 1. The smallest absolute Gasteiger partial charge is 0.243 e. The van der Waals surface area contributed by atoms with Crippen LogP contribution in [-0.4, -0.2) is 15.0 Å². The summed E-state index contributed by atoms with van der Waals surface area (Å²) in [6.07, 6.45) is 0.365. The molecule has 3 N–H and O–H groups in total. The van der Waals surface area contributed by atoms with Crippen molar-refractivity contribution in [2.45, 2.75) is 11.3 Å². The molecule has 4 nitrogen and oxygen atoms in total. The zero-order valence-electron chi connectivity index (χ0n) is 11.0. The summed E-state index contributed by atoms with van der Waals surface area (Å²) < 4.78 is 52.5. The number of hydrogen-bond acceptors (Lipinski definition) is 3. The van der Waals surface area contributed by atoms with Crippen LogP contribution in [0.4, 0.5) is 14.5 Å². The van der Waals surface area contributed by atoms with Crippen LogP contribution >= 0.6 is 0 Å². The summed E-state index contributed by atoms with van der Waals surface area (Å²) in [7, 11) is -3.97. The first-order valence-corrected chi connectivity index (χ1v) is 7.66. The van der Waals surface area contributed by atoms with Gasteiger partial charge < -0.3 is 5.73 Å². The Hall–Kier alpha value is -1.99. The summed E-state index contributed by atoms with van der Waals surface area (Å²) in [6, 6.07) is 9.06. The number of sulfonamides is 1. The second kappa shape index (κ2) is 6.19. The van der Waals surface area contributed by atoms with E-state index in [2.05, 4.69) is 4.72 Å². The Labute approximate surface area is 121 Å². The van der Waals surface area contributed by atoms with Crippen molar-refractivity contribution < 1.29 is 17.2 Å². The summed E-state index contributed by atoms with van der Waals surface area (Å²) in [6.45, 7) is 0.0716. The number of halogens is 2. The molecule has 112 valence electrons. The lowest BCUT2D eigenvalue weighted by Gasteiger charge is -2.08. The Morgan fingerprint density at radius 1 is 1.05 bits per heavy atom. The van der Waals surface area contributed by atoms with E-state index in [9.17, 15) is 17.2 Å². The summed E-state index contributed by atoms with van der Waals surface area (Å²) in [4.78, 5) is -0.485. The van der Waals surface area contributed by atoms with E-state index in [0.717, 1.165) is 17.7 Å². The molecule has 2 aromatic carbocycles. The van der Waals surface area contributed by atoms with Crippen molar-refractivity contribution in [1.82, 2.24) is 4.72 Å². The van der Waals surface area contributed by atoms with Crippen LogP contribution in [0.5, 0.6) is 0 Å². The minimum atomic E-state index is -3.97.